The summed E-state index contributed by atoms with van der Waals surface area (Å²) in [7, 11) is 0. The van der Waals surface area contributed by atoms with E-state index in [0.29, 0.717) is 0 Å². The topological polar surface area (TPSA) is 30.0 Å². The standard InChI is InChI=1S/C7H4F3NO/c8-5-1-2-11-6(7(9)10)4(5)3-12/h1-3,7H. The van der Waals surface area contributed by atoms with E-state index in [1.165, 1.54) is 0 Å². The van der Waals surface area contributed by atoms with E-state index in [1.807, 2.05) is 0 Å². The molecule has 0 amide bonds. The Morgan fingerprint density at radius 1 is 1.50 bits per heavy atom. The van der Waals surface area contributed by atoms with Gasteiger partial charge in [0.05, 0.1) is 5.56 Å². The Morgan fingerprint density at radius 2 is 2.17 bits per heavy atom. The Kier molecular flexibility index (Phi) is 2.42. The smallest absolute Gasteiger partial charge is 0.281 e. The van der Waals surface area contributed by atoms with Gasteiger partial charge in [0.15, 0.2) is 6.29 Å². The number of aromatic nitrogens is 1. The lowest BCUT2D eigenvalue weighted by atomic mass is 10.2. The number of rotatable bonds is 2. The van der Waals surface area contributed by atoms with Gasteiger partial charge in [0.25, 0.3) is 6.43 Å². The highest BCUT2D eigenvalue weighted by molar-refractivity contribution is 5.76. The SMILES string of the molecule is O=Cc1c(F)ccnc1C(F)F. The van der Waals surface area contributed by atoms with Crippen molar-refractivity contribution in [1.29, 1.82) is 0 Å². The molecule has 0 aliphatic rings. The zero-order valence-corrected chi connectivity index (χ0v) is 5.80. The van der Waals surface area contributed by atoms with Gasteiger partial charge in [0, 0.05) is 6.20 Å². The minimum Gasteiger partial charge on any atom is -0.298 e. The van der Waals surface area contributed by atoms with E-state index >= 15 is 0 Å². The lowest BCUT2D eigenvalue weighted by Gasteiger charge is -2.01. The van der Waals surface area contributed by atoms with Crippen LogP contribution in [0.5, 0.6) is 0 Å². The van der Waals surface area contributed by atoms with Crippen molar-refractivity contribution in [2.24, 2.45) is 0 Å². The number of nitrogens with zero attached hydrogens (tertiary/aromatic N) is 1. The first kappa shape index (κ1) is 8.70. The third kappa shape index (κ3) is 1.44. The summed E-state index contributed by atoms with van der Waals surface area (Å²) in [5, 5.41) is 0. The first-order valence-electron chi connectivity index (χ1n) is 3.04. The van der Waals surface area contributed by atoms with Crippen molar-refractivity contribution < 1.29 is 18.0 Å². The van der Waals surface area contributed by atoms with Gasteiger partial charge in [-0.2, -0.15) is 0 Å². The van der Waals surface area contributed by atoms with Crippen molar-refractivity contribution in [3.8, 4) is 0 Å². The summed E-state index contributed by atoms with van der Waals surface area (Å²) in [4.78, 5) is 13.3. The molecule has 0 aliphatic carbocycles. The van der Waals surface area contributed by atoms with E-state index in [-0.39, 0.29) is 6.29 Å². The van der Waals surface area contributed by atoms with Crippen molar-refractivity contribution in [3.05, 3.63) is 29.3 Å². The molecule has 0 atom stereocenters. The molecule has 0 N–H and O–H groups in total. The molecule has 12 heavy (non-hydrogen) atoms. The van der Waals surface area contributed by atoms with Gasteiger partial charge in [-0.25, -0.2) is 13.2 Å². The lowest BCUT2D eigenvalue weighted by Crippen LogP contribution is -2.00. The molecule has 0 spiro atoms. The van der Waals surface area contributed by atoms with E-state index in [9.17, 15) is 18.0 Å². The molecular formula is C7H4F3NO. The molecule has 5 heteroatoms. The van der Waals surface area contributed by atoms with Gasteiger partial charge in [-0.3, -0.25) is 9.78 Å². The maximum atomic E-state index is 12.6. The number of carbonyl (C=O) groups excluding carboxylic acids is 1. The van der Waals surface area contributed by atoms with Crippen molar-refractivity contribution in [2.75, 3.05) is 0 Å². The molecule has 0 fully saturated rings. The van der Waals surface area contributed by atoms with Crippen LogP contribution in [0.25, 0.3) is 0 Å². The molecule has 1 aromatic heterocycles. The summed E-state index contributed by atoms with van der Waals surface area (Å²) < 4.78 is 36.6. The first-order valence-corrected chi connectivity index (χ1v) is 3.04. The fourth-order valence-electron chi connectivity index (χ4n) is 0.755. The van der Waals surface area contributed by atoms with Crippen LogP contribution in [0.1, 0.15) is 22.5 Å². The van der Waals surface area contributed by atoms with Crippen molar-refractivity contribution in [3.63, 3.8) is 0 Å². The number of carbonyl (C=O) groups is 1. The normalized spacial score (nSPS) is 10.3. The number of alkyl halides is 2. The predicted octanol–water partition coefficient (Wildman–Crippen LogP) is 1.97. The maximum absolute atomic E-state index is 12.6. The zero-order valence-electron chi connectivity index (χ0n) is 5.80. The summed E-state index contributed by atoms with van der Waals surface area (Å²) >= 11 is 0. The highest BCUT2D eigenvalue weighted by Gasteiger charge is 2.16. The number of hydrogen-bond donors (Lipinski definition) is 0. The molecule has 0 unspecified atom stereocenters. The maximum Gasteiger partial charge on any atom is 0.281 e. The Morgan fingerprint density at radius 3 is 2.58 bits per heavy atom. The second-order valence-corrected chi connectivity index (χ2v) is 2.01. The van der Waals surface area contributed by atoms with Crippen LogP contribution in [0, 0.1) is 5.82 Å². The molecule has 0 bridgehead atoms. The molecule has 0 radical (unpaired) electrons. The fourth-order valence-corrected chi connectivity index (χ4v) is 0.755. The van der Waals surface area contributed by atoms with Crippen LogP contribution < -0.4 is 0 Å². The molecule has 1 aromatic rings. The minimum absolute atomic E-state index is 0.0316. The summed E-state index contributed by atoms with van der Waals surface area (Å²) in [5.41, 5.74) is -1.49. The molecule has 1 heterocycles. The van der Waals surface area contributed by atoms with Crippen LogP contribution in [-0.2, 0) is 0 Å². The van der Waals surface area contributed by atoms with Crippen LogP contribution in [0.4, 0.5) is 13.2 Å². The third-order valence-electron chi connectivity index (χ3n) is 1.29. The molecule has 0 saturated heterocycles. The van der Waals surface area contributed by atoms with Crippen molar-refractivity contribution in [2.45, 2.75) is 6.43 Å². The highest BCUT2D eigenvalue weighted by atomic mass is 19.3. The predicted molar refractivity (Wildman–Crippen MR) is 34.5 cm³/mol. The minimum atomic E-state index is -2.93. The van der Waals surface area contributed by atoms with E-state index in [2.05, 4.69) is 4.98 Å². The van der Waals surface area contributed by atoms with E-state index < -0.39 is 23.5 Å². The van der Waals surface area contributed by atoms with Gasteiger partial charge >= 0.3 is 0 Å². The van der Waals surface area contributed by atoms with Gasteiger partial charge in [-0.1, -0.05) is 0 Å². The van der Waals surface area contributed by atoms with E-state index in [0.717, 1.165) is 12.3 Å². The zero-order chi connectivity index (χ0) is 9.14. The Hall–Kier alpha value is -1.39. The highest BCUT2D eigenvalue weighted by Crippen LogP contribution is 2.20. The molecule has 0 aliphatic heterocycles. The van der Waals surface area contributed by atoms with Gasteiger partial charge < -0.3 is 0 Å². The third-order valence-corrected chi connectivity index (χ3v) is 1.29. The Labute approximate surface area is 66.0 Å². The van der Waals surface area contributed by atoms with Crippen molar-refractivity contribution >= 4 is 6.29 Å². The van der Waals surface area contributed by atoms with Crippen LogP contribution >= 0.6 is 0 Å². The van der Waals surface area contributed by atoms with E-state index in [4.69, 9.17) is 0 Å². The molecule has 1 rings (SSSR count). The molecule has 2 nitrogen and oxygen atoms in total. The molecular weight excluding hydrogens is 171 g/mol. The second-order valence-electron chi connectivity index (χ2n) is 2.01. The lowest BCUT2D eigenvalue weighted by molar-refractivity contribution is 0.109. The van der Waals surface area contributed by atoms with Gasteiger partial charge in [0.2, 0.25) is 0 Å². The van der Waals surface area contributed by atoms with Crippen LogP contribution in [0.3, 0.4) is 0 Å². The summed E-state index contributed by atoms with van der Waals surface area (Å²) in [6, 6.07) is 0.857. The second kappa shape index (κ2) is 3.34. The largest absolute Gasteiger partial charge is 0.298 e. The quantitative estimate of drug-likeness (QED) is 0.643. The molecule has 64 valence electrons. The first-order chi connectivity index (χ1) is 5.66. The van der Waals surface area contributed by atoms with Crippen molar-refractivity contribution in [1.82, 2.24) is 4.98 Å². The van der Waals surface area contributed by atoms with E-state index in [1.54, 1.807) is 0 Å². The Bertz CT molecular complexity index is 301. The summed E-state index contributed by atoms with van der Waals surface area (Å²) in [6.45, 7) is 0. The van der Waals surface area contributed by atoms with Gasteiger partial charge in [-0.15, -0.1) is 0 Å². The van der Waals surface area contributed by atoms with Gasteiger partial charge in [0.1, 0.15) is 11.5 Å². The van der Waals surface area contributed by atoms with Crippen LogP contribution in [-0.4, -0.2) is 11.3 Å². The molecule has 0 aromatic carbocycles. The van der Waals surface area contributed by atoms with Crippen LogP contribution in [0.2, 0.25) is 0 Å². The fraction of sp³-hybridized carbons (Fsp3) is 0.143. The number of hydrogen-bond acceptors (Lipinski definition) is 2. The average Bonchev–Trinajstić information content (AvgIpc) is 2.03. The number of aldehydes is 1. The Balaban J connectivity index is 3.27. The monoisotopic (exact) mass is 175 g/mol. The average molecular weight is 175 g/mol. The van der Waals surface area contributed by atoms with Gasteiger partial charge in [-0.05, 0) is 6.07 Å². The van der Waals surface area contributed by atoms with Crippen LogP contribution in [0.15, 0.2) is 12.3 Å². The molecule has 0 saturated carbocycles. The number of pyridine rings is 1. The summed E-state index contributed by atoms with van der Waals surface area (Å²) in [6.07, 6.45) is -2.01. The summed E-state index contributed by atoms with van der Waals surface area (Å²) in [5.74, 6) is -0.977. The number of halogens is 3.